The summed E-state index contributed by atoms with van der Waals surface area (Å²) in [5.74, 6) is 1.07. The second-order valence-electron chi connectivity index (χ2n) is 5.22. The Morgan fingerprint density at radius 3 is 3.00 bits per heavy atom. The van der Waals surface area contributed by atoms with E-state index in [1.54, 1.807) is 6.26 Å². The first-order chi connectivity index (χ1) is 9.88. The molecule has 0 saturated carbocycles. The van der Waals surface area contributed by atoms with Crippen molar-refractivity contribution < 1.29 is 4.42 Å². The molecule has 1 saturated heterocycles. The fraction of sp³-hybridized carbons (Fsp3) is 0.500. The minimum Gasteiger partial charge on any atom is -0.467 e. The van der Waals surface area contributed by atoms with Gasteiger partial charge in [-0.15, -0.1) is 11.3 Å². The van der Waals surface area contributed by atoms with Crippen LogP contribution in [-0.2, 0) is 6.42 Å². The van der Waals surface area contributed by atoms with Gasteiger partial charge in [-0.05, 0) is 43.7 Å². The molecule has 3 heterocycles. The first-order valence-electron chi connectivity index (χ1n) is 7.45. The predicted octanol–water partition coefficient (Wildman–Crippen LogP) is 3.29. The van der Waals surface area contributed by atoms with Crippen molar-refractivity contribution in [3.63, 3.8) is 0 Å². The van der Waals surface area contributed by atoms with Gasteiger partial charge in [0.1, 0.15) is 11.8 Å². The zero-order valence-corrected chi connectivity index (χ0v) is 12.8. The number of thiophene rings is 1. The van der Waals surface area contributed by atoms with Crippen LogP contribution in [0.15, 0.2) is 34.9 Å². The molecule has 108 valence electrons. The normalized spacial score (nSPS) is 18.9. The standard InChI is InChI=1S/C16H22N2OS/c1-2-13-6-7-15(20-13)16(14-5-3-12-19-14)18-10-4-8-17-9-11-18/h3,5-7,12,16-17H,2,4,8-11H2,1H3. The molecule has 1 unspecified atom stereocenters. The molecule has 1 N–H and O–H groups in total. The summed E-state index contributed by atoms with van der Waals surface area (Å²) in [6.07, 6.45) is 4.09. The van der Waals surface area contributed by atoms with Gasteiger partial charge in [-0.2, -0.15) is 0 Å². The Morgan fingerprint density at radius 2 is 2.25 bits per heavy atom. The average Bonchev–Trinajstić information content (AvgIpc) is 3.08. The summed E-state index contributed by atoms with van der Waals surface area (Å²) >= 11 is 1.92. The summed E-state index contributed by atoms with van der Waals surface area (Å²) in [6, 6.07) is 8.90. The van der Waals surface area contributed by atoms with Crippen LogP contribution in [0, 0.1) is 0 Å². The highest BCUT2D eigenvalue weighted by Crippen LogP contribution is 2.34. The number of furan rings is 1. The number of rotatable bonds is 4. The lowest BCUT2D eigenvalue weighted by Crippen LogP contribution is -2.32. The van der Waals surface area contributed by atoms with Gasteiger partial charge in [0.2, 0.25) is 0 Å². The molecule has 1 aliphatic rings. The molecule has 1 atom stereocenters. The number of aryl methyl sites for hydroxylation is 1. The van der Waals surface area contributed by atoms with Crippen LogP contribution in [0.1, 0.15) is 34.9 Å². The summed E-state index contributed by atoms with van der Waals surface area (Å²) in [4.78, 5) is 5.40. The molecule has 0 radical (unpaired) electrons. The number of hydrogen-bond acceptors (Lipinski definition) is 4. The zero-order valence-electron chi connectivity index (χ0n) is 12.0. The van der Waals surface area contributed by atoms with E-state index in [1.807, 2.05) is 17.4 Å². The van der Waals surface area contributed by atoms with Gasteiger partial charge >= 0.3 is 0 Å². The molecule has 3 nitrogen and oxygen atoms in total. The van der Waals surface area contributed by atoms with Crippen molar-refractivity contribution in [1.82, 2.24) is 10.2 Å². The Morgan fingerprint density at radius 1 is 1.30 bits per heavy atom. The van der Waals surface area contributed by atoms with E-state index in [2.05, 4.69) is 35.3 Å². The van der Waals surface area contributed by atoms with Gasteiger partial charge < -0.3 is 9.73 Å². The minimum absolute atomic E-state index is 0.273. The number of hydrogen-bond donors (Lipinski definition) is 1. The van der Waals surface area contributed by atoms with Crippen molar-refractivity contribution in [3.8, 4) is 0 Å². The van der Waals surface area contributed by atoms with E-state index in [4.69, 9.17) is 4.42 Å². The summed E-state index contributed by atoms with van der Waals surface area (Å²) in [7, 11) is 0. The summed E-state index contributed by atoms with van der Waals surface area (Å²) < 4.78 is 5.73. The molecule has 2 aromatic heterocycles. The van der Waals surface area contributed by atoms with E-state index >= 15 is 0 Å². The molecule has 4 heteroatoms. The molecule has 0 spiro atoms. The molecule has 0 amide bonds. The van der Waals surface area contributed by atoms with Crippen LogP contribution >= 0.6 is 11.3 Å². The minimum atomic E-state index is 0.273. The lowest BCUT2D eigenvalue weighted by Gasteiger charge is -2.28. The van der Waals surface area contributed by atoms with E-state index in [0.717, 1.165) is 38.4 Å². The third-order valence-electron chi connectivity index (χ3n) is 3.85. The van der Waals surface area contributed by atoms with Crippen molar-refractivity contribution >= 4 is 11.3 Å². The Balaban J connectivity index is 1.90. The van der Waals surface area contributed by atoms with Crippen molar-refractivity contribution in [3.05, 3.63) is 46.0 Å². The number of nitrogens with one attached hydrogen (secondary N) is 1. The largest absolute Gasteiger partial charge is 0.467 e. The Labute approximate surface area is 124 Å². The molecular formula is C16H22N2OS. The van der Waals surface area contributed by atoms with Gasteiger partial charge in [-0.25, -0.2) is 0 Å². The molecule has 20 heavy (non-hydrogen) atoms. The second kappa shape index (κ2) is 6.57. The molecule has 2 aromatic rings. The van der Waals surface area contributed by atoms with Crippen LogP contribution in [0.4, 0.5) is 0 Å². The van der Waals surface area contributed by atoms with E-state index < -0.39 is 0 Å². The Bertz CT molecular complexity index is 512. The van der Waals surface area contributed by atoms with E-state index in [0.29, 0.717) is 0 Å². The lowest BCUT2D eigenvalue weighted by molar-refractivity contribution is 0.219. The Hall–Kier alpha value is -1.10. The van der Waals surface area contributed by atoms with Crippen LogP contribution in [0.3, 0.4) is 0 Å². The summed E-state index contributed by atoms with van der Waals surface area (Å²) in [6.45, 7) is 6.59. The third kappa shape index (κ3) is 2.97. The zero-order chi connectivity index (χ0) is 13.8. The molecular weight excluding hydrogens is 268 g/mol. The quantitative estimate of drug-likeness (QED) is 0.936. The first kappa shape index (κ1) is 13.9. The second-order valence-corrected chi connectivity index (χ2v) is 6.42. The van der Waals surface area contributed by atoms with Crippen LogP contribution in [0.5, 0.6) is 0 Å². The van der Waals surface area contributed by atoms with Gasteiger partial charge in [0.25, 0.3) is 0 Å². The third-order valence-corrected chi connectivity index (χ3v) is 5.13. The Kier molecular flexibility index (Phi) is 4.55. The van der Waals surface area contributed by atoms with Crippen molar-refractivity contribution in [1.29, 1.82) is 0 Å². The van der Waals surface area contributed by atoms with Crippen LogP contribution in [-0.4, -0.2) is 31.1 Å². The van der Waals surface area contributed by atoms with Crippen molar-refractivity contribution in [2.45, 2.75) is 25.8 Å². The van der Waals surface area contributed by atoms with Crippen LogP contribution < -0.4 is 5.32 Å². The molecule has 0 bridgehead atoms. The van der Waals surface area contributed by atoms with Crippen molar-refractivity contribution in [2.75, 3.05) is 26.2 Å². The number of nitrogens with zero attached hydrogens (tertiary/aromatic N) is 1. The summed E-state index contributed by atoms with van der Waals surface area (Å²) in [5, 5.41) is 3.48. The van der Waals surface area contributed by atoms with E-state index in [9.17, 15) is 0 Å². The highest BCUT2D eigenvalue weighted by atomic mass is 32.1. The highest BCUT2D eigenvalue weighted by Gasteiger charge is 2.26. The fourth-order valence-corrected chi connectivity index (χ4v) is 3.90. The average molecular weight is 290 g/mol. The van der Waals surface area contributed by atoms with Gasteiger partial charge in [0.05, 0.1) is 6.26 Å². The highest BCUT2D eigenvalue weighted by molar-refractivity contribution is 7.12. The van der Waals surface area contributed by atoms with Gasteiger partial charge in [-0.3, -0.25) is 4.90 Å². The van der Waals surface area contributed by atoms with Gasteiger partial charge in [-0.1, -0.05) is 6.92 Å². The van der Waals surface area contributed by atoms with Crippen LogP contribution in [0.25, 0.3) is 0 Å². The van der Waals surface area contributed by atoms with Gasteiger partial charge in [0, 0.05) is 29.4 Å². The van der Waals surface area contributed by atoms with E-state index in [-0.39, 0.29) is 6.04 Å². The lowest BCUT2D eigenvalue weighted by atomic mass is 10.1. The fourth-order valence-electron chi connectivity index (χ4n) is 2.80. The molecule has 1 fully saturated rings. The smallest absolute Gasteiger partial charge is 0.126 e. The monoisotopic (exact) mass is 290 g/mol. The van der Waals surface area contributed by atoms with E-state index in [1.165, 1.54) is 16.2 Å². The maximum Gasteiger partial charge on any atom is 0.126 e. The molecule has 0 aliphatic carbocycles. The maximum absolute atomic E-state index is 5.73. The molecule has 3 rings (SSSR count). The van der Waals surface area contributed by atoms with Gasteiger partial charge in [0.15, 0.2) is 0 Å². The van der Waals surface area contributed by atoms with Crippen LogP contribution in [0.2, 0.25) is 0 Å². The predicted molar refractivity (Wildman–Crippen MR) is 83.3 cm³/mol. The van der Waals surface area contributed by atoms with Crippen molar-refractivity contribution in [2.24, 2.45) is 0 Å². The SMILES string of the molecule is CCc1ccc(C(c2ccco2)N2CCCNCC2)s1. The molecule has 0 aromatic carbocycles. The summed E-state index contributed by atoms with van der Waals surface area (Å²) in [5.41, 5.74) is 0. The maximum atomic E-state index is 5.73. The molecule has 1 aliphatic heterocycles. The topological polar surface area (TPSA) is 28.4 Å². The first-order valence-corrected chi connectivity index (χ1v) is 8.27.